The third-order valence-corrected chi connectivity index (χ3v) is 4.63. The predicted molar refractivity (Wildman–Crippen MR) is 105 cm³/mol. The Morgan fingerprint density at radius 1 is 1.03 bits per heavy atom. The Balaban J connectivity index is 1.71. The van der Waals surface area contributed by atoms with Crippen LogP contribution in [-0.4, -0.2) is 73.4 Å². The highest BCUT2D eigenvalue weighted by Gasteiger charge is 2.23. The minimum Gasteiger partial charge on any atom is -0.493 e. The van der Waals surface area contributed by atoms with Crippen molar-refractivity contribution in [3.05, 3.63) is 47.8 Å². The van der Waals surface area contributed by atoms with Crippen molar-refractivity contribution in [1.82, 2.24) is 14.8 Å². The number of carbonyl (C=O) groups excluding carboxylic acids is 3. The molecule has 0 radical (unpaired) electrons. The second kappa shape index (κ2) is 9.05. The van der Waals surface area contributed by atoms with Crippen LogP contribution in [0.4, 0.5) is 5.69 Å². The van der Waals surface area contributed by atoms with Gasteiger partial charge in [0.15, 0.2) is 11.5 Å². The summed E-state index contributed by atoms with van der Waals surface area (Å²) in [5, 5.41) is 2.77. The Morgan fingerprint density at radius 3 is 2.41 bits per heavy atom. The van der Waals surface area contributed by atoms with E-state index in [4.69, 9.17) is 9.47 Å². The molecule has 0 saturated carbocycles. The maximum absolute atomic E-state index is 12.7. The molecular weight excluding hydrogens is 376 g/mol. The summed E-state index contributed by atoms with van der Waals surface area (Å²) >= 11 is 0. The van der Waals surface area contributed by atoms with Gasteiger partial charge in [0, 0.05) is 49.7 Å². The third-order valence-electron chi connectivity index (χ3n) is 4.63. The minimum absolute atomic E-state index is 0.185. The van der Waals surface area contributed by atoms with Gasteiger partial charge in [-0.15, -0.1) is 0 Å². The van der Waals surface area contributed by atoms with E-state index in [2.05, 4.69) is 10.3 Å². The topological polar surface area (TPSA) is 101 Å². The summed E-state index contributed by atoms with van der Waals surface area (Å²) in [6, 6.07) is 8.03. The van der Waals surface area contributed by atoms with Gasteiger partial charge in [-0.25, -0.2) is 0 Å². The Morgan fingerprint density at radius 2 is 1.76 bits per heavy atom. The van der Waals surface area contributed by atoms with Gasteiger partial charge in [-0.1, -0.05) is 0 Å². The van der Waals surface area contributed by atoms with Crippen LogP contribution >= 0.6 is 0 Å². The van der Waals surface area contributed by atoms with Crippen LogP contribution in [0.15, 0.2) is 36.5 Å². The zero-order valence-electron chi connectivity index (χ0n) is 16.3. The highest BCUT2D eigenvalue weighted by molar-refractivity contribution is 6.05. The second-order valence-corrected chi connectivity index (χ2v) is 6.39. The number of pyridine rings is 1. The van der Waals surface area contributed by atoms with Crippen LogP contribution < -0.4 is 14.8 Å². The van der Waals surface area contributed by atoms with E-state index >= 15 is 0 Å². The number of piperazine rings is 1. The zero-order chi connectivity index (χ0) is 20.8. The van der Waals surface area contributed by atoms with Crippen LogP contribution in [0.1, 0.15) is 20.8 Å². The normalized spacial score (nSPS) is 13.6. The summed E-state index contributed by atoms with van der Waals surface area (Å²) in [6.45, 7) is 1.83. The van der Waals surface area contributed by atoms with Gasteiger partial charge in [-0.3, -0.25) is 19.4 Å². The molecule has 29 heavy (non-hydrogen) atoms. The molecule has 9 heteroatoms. The monoisotopic (exact) mass is 398 g/mol. The van der Waals surface area contributed by atoms with E-state index in [1.807, 2.05) is 0 Å². The van der Waals surface area contributed by atoms with Crippen molar-refractivity contribution in [1.29, 1.82) is 0 Å². The van der Waals surface area contributed by atoms with Gasteiger partial charge in [0.05, 0.1) is 14.2 Å². The van der Waals surface area contributed by atoms with Crippen LogP contribution in [0.2, 0.25) is 0 Å². The fraction of sp³-hybridized carbons (Fsp3) is 0.300. The zero-order valence-corrected chi connectivity index (χ0v) is 16.3. The second-order valence-electron chi connectivity index (χ2n) is 6.39. The quantitative estimate of drug-likeness (QED) is 0.736. The molecule has 1 saturated heterocycles. The molecule has 1 aromatic heterocycles. The number of methoxy groups -OCH3 is 2. The molecule has 1 aliphatic rings. The summed E-state index contributed by atoms with van der Waals surface area (Å²) in [7, 11) is 3.05. The number of benzene rings is 1. The van der Waals surface area contributed by atoms with Crippen molar-refractivity contribution >= 4 is 23.9 Å². The van der Waals surface area contributed by atoms with E-state index in [0.717, 1.165) is 6.41 Å². The highest BCUT2D eigenvalue weighted by Crippen LogP contribution is 2.29. The summed E-state index contributed by atoms with van der Waals surface area (Å²) in [6.07, 6.45) is 2.21. The van der Waals surface area contributed by atoms with Crippen molar-refractivity contribution in [2.24, 2.45) is 0 Å². The van der Waals surface area contributed by atoms with Gasteiger partial charge in [0.25, 0.3) is 11.8 Å². The Bertz CT molecular complexity index is 909. The lowest BCUT2D eigenvalue weighted by atomic mass is 10.2. The van der Waals surface area contributed by atoms with Crippen LogP contribution in [0.25, 0.3) is 0 Å². The molecule has 1 fully saturated rings. The molecule has 1 aliphatic heterocycles. The van der Waals surface area contributed by atoms with Crippen molar-refractivity contribution in [3.63, 3.8) is 0 Å². The van der Waals surface area contributed by atoms with Gasteiger partial charge >= 0.3 is 0 Å². The molecular formula is C20H22N4O5. The van der Waals surface area contributed by atoms with E-state index in [9.17, 15) is 14.4 Å². The Hall–Kier alpha value is -3.62. The molecule has 3 rings (SSSR count). The first kappa shape index (κ1) is 20.1. The van der Waals surface area contributed by atoms with E-state index in [1.165, 1.54) is 32.5 Å². The van der Waals surface area contributed by atoms with Crippen molar-refractivity contribution in [2.45, 2.75) is 0 Å². The molecule has 0 atom stereocenters. The molecule has 0 bridgehead atoms. The van der Waals surface area contributed by atoms with E-state index in [1.54, 1.807) is 28.0 Å². The van der Waals surface area contributed by atoms with Gasteiger partial charge in [0.1, 0.15) is 5.69 Å². The van der Waals surface area contributed by atoms with Crippen molar-refractivity contribution in [2.75, 3.05) is 45.7 Å². The average molecular weight is 398 g/mol. The predicted octanol–water partition coefficient (Wildman–Crippen LogP) is 1.27. The molecule has 2 heterocycles. The highest BCUT2D eigenvalue weighted by atomic mass is 16.5. The molecule has 0 unspecified atom stereocenters. The number of hydrogen-bond donors (Lipinski definition) is 1. The first-order chi connectivity index (χ1) is 14.0. The SMILES string of the molecule is COc1ccc(NC(=O)c2ccnc(C(=O)N3CCN(C=O)CC3)c2)cc1OC. The summed E-state index contributed by atoms with van der Waals surface area (Å²) < 4.78 is 10.4. The first-order valence-corrected chi connectivity index (χ1v) is 9.03. The molecule has 1 aromatic carbocycles. The fourth-order valence-electron chi connectivity index (χ4n) is 3.00. The number of anilines is 1. The maximum Gasteiger partial charge on any atom is 0.272 e. The smallest absolute Gasteiger partial charge is 0.272 e. The lowest BCUT2D eigenvalue weighted by Crippen LogP contribution is -2.48. The van der Waals surface area contributed by atoms with E-state index in [-0.39, 0.29) is 17.5 Å². The lowest BCUT2D eigenvalue weighted by Gasteiger charge is -2.32. The average Bonchev–Trinajstić information content (AvgIpc) is 2.78. The van der Waals surface area contributed by atoms with Gasteiger partial charge in [0.2, 0.25) is 6.41 Å². The first-order valence-electron chi connectivity index (χ1n) is 9.03. The summed E-state index contributed by atoms with van der Waals surface area (Å²) in [5.41, 5.74) is 1.02. The number of amides is 3. The largest absolute Gasteiger partial charge is 0.493 e. The number of rotatable bonds is 6. The van der Waals surface area contributed by atoms with E-state index in [0.29, 0.717) is 48.9 Å². The number of ether oxygens (including phenoxy) is 2. The number of hydrogen-bond acceptors (Lipinski definition) is 6. The van der Waals surface area contributed by atoms with Crippen LogP contribution in [0, 0.1) is 0 Å². The van der Waals surface area contributed by atoms with E-state index < -0.39 is 0 Å². The standard InChI is InChI=1S/C20H22N4O5/c1-28-17-4-3-15(12-18(17)29-2)22-19(26)14-5-6-21-16(11-14)20(27)24-9-7-23(13-25)8-10-24/h3-6,11-13H,7-10H2,1-2H3,(H,22,26). The number of aromatic nitrogens is 1. The molecule has 9 nitrogen and oxygen atoms in total. The summed E-state index contributed by atoms with van der Waals surface area (Å²) in [5.74, 6) is 0.401. The van der Waals surface area contributed by atoms with Gasteiger partial charge in [-0.2, -0.15) is 0 Å². The molecule has 152 valence electrons. The third kappa shape index (κ3) is 4.63. The molecule has 3 amide bonds. The molecule has 2 aromatic rings. The fourth-order valence-corrected chi connectivity index (χ4v) is 3.00. The van der Waals surface area contributed by atoms with Gasteiger partial charge in [-0.05, 0) is 24.3 Å². The minimum atomic E-state index is -0.376. The van der Waals surface area contributed by atoms with Crippen molar-refractivity contribution < 1.29 is 23.9 Å². The number of nitrogens with zero attached hydrogens (tertiary/aromatic N) is 3. The van der Waals surface area contributed by atoms with Crippen LogP contribution in [-0.2, 0) is 4.79 Å². The van der Waals surface area contributed by atoms with Gasteiger partial charge < -0.3 is 24.6 Å². The molecule has 0 spiro atoms. The molecule has 1 N–H and O–H groups in total. The Labute approximate surface area is 168 Å². The maximum atomic E-state index is 12.7. The van der Waals surface area contributed by atoms with Crippen molar-refractivity contribution in [3.8, 4) is 11.5 Å². The van der Waals surface area contributed by atoms with Crippen LogP contribution in [0.5, 0.6) is 11.5 Å². The number of nitrogens with one attached hydrogen (secondary N) is 1. The Kier molecular flexibility index (Phi) is 6.28. The number of carbonyl (C=O) groups is 3. The molecule has 0 aliphatic carbocycles. The van der Waals surface area contributed by atoms with Crippen LogP contribution in [0.3, 0.4) is 0 Å². The summed E-state index contributed by atoms with van der Waals surface area (Å²) in [4.78, 5) is 43.4. The lowest BCUT2D eigenvalue weighted by molar-refractivity contribution is -0.119.